The fourth-order valence-electron chi connectivity index (χ4n) is 2.19. The number of carbonyl (C=O) groups excluding carboxylic acids is 2. The van der Waals surface area contributed by atoms with Gasteiger partial charge in [-0.25, -0.2) is 9.88 Å². The molecular formula is C15H10N4O2S. The molecule has 0 fully saturated rings. The van der Waals surface area contributed by atoms with E-state index in [1.54, 1.807) is 30.5 Å². The van der Waals surface area contributed by atoms with Crippen LogP contribution in [0.3, 0.4) is 0 Å². The number of fused-ring (bicyclic) bond motifs is 1. The Hall–Kier alpha value is -2.98. The summed E-state index contributed by atoms with van der Waals surface area (Å²) >= 11 is 1.28. The Labute approximate surface area is 130 Å². The molecule has 0 radical (unpaired) electrons. The molecular weight excluding hydrogens is 300 g/mol. The fraction of sp³-hybridized carbons (Fsp3) is 0.0667. The molecule has 0 saturated carbocycles. The average Bonchev–Trinajstić information content (AvgIpc) is 3.02. The Balaban J connectivity index is 2.06. The Morgan fingerprint density at radius 2 is 2.18 bits per heavy atom. The summed E-state index contributed by atoms with van der Waals surface area (Å²) in [5.41, 5.74) is 7.37. The molecule has 2 amide bonds. The highest BCUT2D eigenvalue weighted by Gasteiger charge is 2.36. The van der Waals surface area contributed by atoms with Crippen LogP contribution in [0.4, 0.5) is 5.69 Å². The third-order valence-corrected chi connectivity index (χ3v) is 4.20. The lowest BCUT2D eigenvalue weighted by Crippen LogP contribution is -2.24. The molecule has 3 rings (SSSR count). The summed E-state index contributed by atoms with van der Waals surface area (Å²) in [6.45, 7) is 1.80. The predicted octanol–water partition coefficient (Wildman–Crippen LogP) is 2.19. The van der Waals surface area contributed by atoms with Crippen molar-refractivity contribution in [3.8, 4) is 6.07 Å². The predicted molar refractivity (Wildman–Crippen MR) is 81.8 cm³/mol. The molecule has 0 spiro atoms. The molecule has 1 aromatic carbocycles. The van der Waals surface area contributed by atoms with Gasteiger partial charge in [0, 0.05) is 23.0 Å². The maximum atomic E-state index is 12.4. The van der Waals surface area contributed by atoms with Gasteiger partial charge in [-0.05, 0) is 19.1 Å². The van der Waals surface area contributed by atoms with E-state index in [9.17, 15) is 14.9 Å². The van der Waals surface area contributed by atoms with Gasteiger partial charge < -0.3 is 5.73 Å². The van der Waals surface area contributed by atoms with Gasteiger partial charge in [-0.3, -0.25) is 9.59 Å². The maximum absolute atomic E-state index is 12.4. The van der Waals surface area contributed by atoms with E-state index in [-0.39, 0.29) is 22.4 Å². The van der Waals surface area contributed by atoms with Crippen molar-refractivity contribution in [3.63, 3.8) is 0 Å². The summed E-state index contributed by atoms with van der Waals surface area (Å²) in [5, 5.41) is 11.5. The number of rotatable bonds is 2. The van der Waals surface area contributed by atoms with Gasteiger partial charge in [0.25, 0.3) is 11.8 Å². The van der Waals surface area contributed by atoms with Gasteiger partial charge >= 0.3 is 0 Å². The van der Waals surface area contributed by atoms with Crippen LogP contribution in [-0.2, 0) is 0 Å². The minimum absolute atomic E-state index is 0.158. The lowest BCUT2D eigenvalue weighted by molar-refractivity contribution is 0.0722. The number of nitrogen functional groups attached to an aromatic ring is 1. The largest absolute Gasteiger partial charge is 0.398 e. The van der Waals surface area contributed by atoms with E-state index in [0.717, 1.165) is 10.6 Å². The molecule has 1 aromatic heterocycles. The summed E-state index contributed by atoms with van der Waals surface area (Å²) in [4.78, 5) is 29.8. The molecule has 7 heteroatoms. The second-order valence-electron chi connectivity index (χ2n) is 4.70. The van der Waals surface area contributed by atoms with Gasteiger partial charge in [0.15, 0.2) is 0 Å². The van der Waals surface area contributed by atoms with Crippen molar-refractivity contribution in [1.29, 1.82) is 5.26 Å². The zero-order valence-electron chi connectivity index (χ0n) is 11.5. The van der Waals surface area contributed by atoms with Crippen LogP contribution < -0.4 is 5.73 Å². The summed E-state index contributed by atoms with van der Waals surface area (Å²) in [6.07, 6.45) is 1.22. The number of nitrogens with zero attached hydrogens (tertiary/aromatic N) is 3. The Bertz CT molecular complexity index is 876. The van der Waals surface area contributed by atoms with E-state index in [0.29, 0.717) is 5.01 Å². The standard InChI is InChI=1S/C15H10N4O2S/c1-8-7-22-13(18-8)9(5-16)6-19-14(20)10-3-2-4-11(17)12(10)15(19)21/h2-4,6-7H,17H2,1H3/b9-6+. The summed E-state index contributed by atoms with van der Waals surface area (Å²) in [6, 6.07) is 6.69. The van der Waals surface area contributed by atoms with E-state index in [4.69, 9.17) is 5.73 Å². The van der Waals surface area contributed by atoms with E-state index < -0.39 is 11.8 Å². The van der Waals surface area contributed by atoms with Crippen LogP contribution in [0.2, 0.25) is 0 Å². The minimum atomic E-state index is -0.529. The number of allylic oxidation sites excluding steroid dienone is 1. The van der Waals surface area contributed by atoms with E-state index in [1.165, 1.54) is 17.5 Å². The average molecular weight is 310 g/mol. The first-order valence-corrected chi connectivity index (χ1v) is 7.21. The van der Waals surface area contributed by atoms with Crippen molar-refractivity contribution >= 4 is 34.4 Å². The number of amides is 2. The number of hydrogen-bond acceptors (Lipinski definition) is 6. The van der Waals surface area contributed by atoms with Crippen LogP contribution in [0.25, 0.3) is 5.57 Å². The highest BCUT2D eigenvalue weighted by atomic mass is 32.1. The number of thiazole rings is 1. The van der Waals surface area contributed by atoms with E-state index in [2.05, 4.69) is 4.98 Å². The molecule has 0 aliphatic carbocycles. The van der Waals surface area contributed by atoms with Crippen molar-refractivity contribution in [2.45, 2.75) is 6.92 Å². The molecule has 2 heterocycles. The highest BCUT2D eigenvalue weighted by molar-refractivity contribution is 7.10. The first-order valence-electron chi connectivity index (χ1n) is 6.33. The number of hydrogen-bond donors (Lipinski definition) is 1. The number of imide groups is 1. The second-order valence-corrected chi connectivity index (χ2v) is 5.56. The lowest BCUT2D eigenvalue weighted by atomic mass is 10.1. The molecule has 0 saturated heterocycles. The number of aryl methyl sites for hydroxylation is 1. The molecule has 1 aliphatic heterocycles. The Morgan fingerprint density at radius 1 is 1.41 bits per heavy atom. The quantitative estimate of drug-likeness (QED) is 0.520. The number of aromatic nitrogens is 1. The zero-order valence-corrected chi connectivity index (χ0v) is 12.3. The molecule has 108 valence electrons. The molecule has 0 atom stereocenters. The van der Waals surface area contributed by atoms with Gasteiger partial charge in [0.2, 0.25) is 0 Å². The molecule has 1 aliphatic rings. The van der Waals surface area contributed by atoms with Gasteiger partial charge in [-0.15, -0.1) is 11.3 Å². The van der Waals surface area contributed by atoms with Crippen LogP contribution >= 0.6 is 11.3 Å². The summed E-state index contributed by atoms with van der Waals surface area (Å²) in [5.74, 6) is -1.02. The van der Waals surface area contributed by atoms with E-state index >= 15 is 0 Å². The second kappa shape index (κ2) is 5.09. The normalized spacial score (nSPS) is 14.2. The SMILES string of the molecule is Cc1csc(/C(C#N)=C/N2C(=O)c3cccc(N)c3C2=O)n1. The van der Waals surface area contributed by atoms with Crippen molar-refractivity contribution in [2.75, 3.05) is 5.73 Å². The van der Waals surface area contributed by atoms with Crippen LogP contribution in [0.5, 0.6) is 0 Å². The van der Waals surface area contributed by atoms with Crippen LogP contribution in [0.15, 0.2) is 29.8 Å². The molecule has 6 nitrogen and oxygen atoms in total. The van der Waals surface area contributed by atoms with Crippen LogP contribution in [0, 0.1) is 18.3 Å². The van der Waals surface area contributed by atoms with Gasteiger partial charge in [-0.1, -0.05) is 6.07 Å². The molecule has 0 unspecified atom stereocenters. The summed E-state index contributed by atoms with van der Waals surface area (Å²) < 4.78 is 0. The van der Waals surface area contributed by atoms with Gasteiger partial charge in [-0.2, -0.15) is 5.26 Å². The first-order chi connectivity index (χ1) is 10.5. The van der Waals surface area contributed by atoms with Gasteiger partial charge in [0.1, 0.15) is 16.6 Å². The third-order valence-electron chi connectivity index (χ3n) is 3.21. The first kappa shape index (κ1) is 14.0. The fourth-order valence-corrected chi connectivity index (χ4v) is 2.94. The van der Waals surface area contributed by atoms with Crippen LogP contribution in [0.1, 0.15) is 31.4 Å². The van der Waals surface area contributed by atoms with E-state index in [1.807, 2.05) is 6.07 Å². The number of benzene rings is 1. The number of nitriles is 1. The molecule has 2 N–H and O–H groups in total. The number of carbonyl (C=O) groups is 2. The van der Waals surface area contributed by atoms with Crippen molar-refractivity contribution in [1.82, 2.24) is 9.88 Å². The molecule has 0 bridgehead atoms. The van der Waals surface area contributed by atoms with Crippen LogP contribution in [-0.4, -0.2) is 21.7 Å². The number of anilines is 1. The number of nitrogens with two attached hydrogens (primary N) is 1. The molecule has 2 aromatic rings. The third kappa shape index (κ3) is 2.06. The smallest absolute Gasteiger partial charge is 0.267 e. The maximum Gasteiger partial charge on any atom is 0.267 e. The van der Waals surface area contributed by atoms with Crippen molar-refractivity contribution in [2.24, 2.45) is 0 Å². The van der Waals surface area contributed by atoms with Crippen molar-refractivity contribution in [3.05, 3.63) is 51.6 Å². The highest BCUT2D eigenvalue weighted by Crippen LogP contribution is 2.29. The lowest BCUT2D eigenvalue weighted by Gasteiger charge is -2.08. The molecule has 22 heavy (non-hydrogen) atoms. The van der Waals surface area contributed by atoms with Gasteiger partial charge in [0.05, 0.1) is 11.1 Å². The topological polar surface area (TPSA) is 100 Å². The minimum Gasteiger partial charge on any atom is -0.398 e. The van der Waals surface area contributed by atoms with Crippen molar-refractivity contribution < 1.29 is 9.59 Å². The zero-order chi connectivity index (χ0) is 15.9. The Morgan fingerprint density at radius 3 is 2.77 bits per heavy atom. The summed E-state index contributed by atoms with van der Waals surface area (Å²) in [7, 11) is 0. The monoisotopic (exact) mass is 310 g/mol. The Kier molecular flexibility index (Phi) is 3.23.